The number of H-pyrrole nitrogens is 2. The van der Waals surface area contributed by atoms with Crippen LogP contribution in [0.15, 0.2) is 57.0 Å². The summed E-state index contributed by atoms with van der Waals surface area (Å²) < 4.78 is 1.05. The van der Waals surface area contributed by atoms with Gasteiger partial charge in [-0.2, -0.15) is 0 Å². The lowest BCUT2D eigenvalue weighted by Crippen LogP contribution is -2.11. The molecule has 0 saturated carbocycles. The van der Waals surface area contributed by atoms with E-state index in [9.17, 15) is 9.59 Å². The van der Waals surface area contributed by atoms with Gasteiger partial charge in [0.2, 0.25) is 0 Å². The first-order valence-corrected chi connectivity index (χ1v) is 10.1. The second-order valence-electron chi connectivity index (χ2n) is 6.03. The highest BCUT2D eigenvalue weighted by Gasteiger charge is 2.08. The van der Waals surface area contributed by atoms with Crippen molar-refractivity contribution in [3.63, 3.8) is 0 Å². The van der Waals surface area contributed by atoms with Crippen molar-refractivity contribution in [2.24, 2.45) is 0 Å². The molecule has 0 spiro atoms. The van der Waals surface area contributed by atoms with Crippen LogP contribution in [0.2, 0.25) is 0 Å². The van der Waals surface area contributed by atoms with Crippen molar-refractivity contribution in [3.8, 4) is 0 Å². The van der Waals surface area contributed by atoms with Crippen LogP contribution in [0.1, 0.15) is 21.6 Å². The molecule has 136 valence electrons. The molecule has 0 radical (unpaired) electrons. The number of hydrogen-bond donors (Lipinski definition) is 3. The first kappa shape index (κ1) is 17.6. The molecule has 8 heteroatoms. The van der Waals surface area contributed by atoms with Crippen LogP contribution in [-0.2, 0) is 5.75 Å². The smallest absolute Gasteiger partial charge is 0.322 e. The zero-order valence-electron chi connectivity index (χ0n) is 14.4. The summed E-state index contributed by atoms with van der Waals surface area (Å²) in [6.07, 6.45) is 0. The molecule has 0 saturated heterocycles. The summed E-state index contributed by atoms with van der Waals surface area (Å²) in [5.74, 6) is 0.619. The molecule has 0 aliphatic carbocycles. The van der Waals surface area contributed by atoms with Gasteiger partial charge in [0.05, 0.1) is 11.0 Å². The third-order valence-electron chi connectivity index (χ3n) is 3.95. The van der Waals surface area contributed by atoms with Crippen molar-refractivity contribution < 1.29 is 4.79 Å². The minimum Gasteiger partial charge on any atom is -0.322 e. The predicted octanol–water partition coefficient (Wildman–Crippen LogP) is 4.17. The van der Waals surface area contributed by atoms with Crippen LogP contribution >= 0.6 is 23.1 Å². The van der Waals surface area contributed by atoms with Crippen molar-refractivity contribution in [1.29, 1.82) is 0 Å². The van der Waals surface area contributed by atoms with Gasteiger partial charge < -0.3 is 15.3 Å². The number of aromatic nitrogens is 3. The molecule has 2 aromatic carbocycles. The number of fused-ring (bicyclic) bond motifs is 1. The van der Waals surface area contributed by atoms with Gasteiger partial charge in [0, 0.05) is 28.1 Å². The van der Waals surface area contributed by atoms with Gasteiger partial charge in [-0.05, 0) is 42.8 Å². The van der Waals surface area contributed by atoms with Gasteiger partial charge in [-0.25, -0.2) is 9.78 Å². The molecule has 3 N–H and O–H groups in total. The normalized spacial score (nSPS) is 11.0. The Morgan fingerprint density at radius 3 is 2.67 bits per heavy atom. The van der Waals surface area contributed by atoms with Gasteiger partial charge in [0.1, 0.15) is 4.34 Å². The fourth-order valence-corrected chi connectivity index (χ4v) is 4.41. The molecule has 4 aromatic rings. The number of amides is 1. The Morgan fingerprint density at radius 2 is 1.93 bits per heavy atom. The fraction of sp³-hybridized carbons (Fsp3) is 0.105. The second-order valence-corrected chi connectivity index (χ2v) is 8.11. The van der Waals surface area contributed by atoms with Crippen LogP contribution in [0.5, 0.6) is 0 Å². The Labute approximate surface area is 163 Å². The van der Waals surface area contributed by atoms with Crippen molar-refractivity contribution in [3.05, 3.63) is 75.1 Å². The summed E-state index contributed by atoms with van der Waals surface area (Å²) in [6, 6.07) is 12.8. The lowest BCUT2D eigenvalue weighted by molar-refractivity contribution is 0.102. The van der Waals surface area contributed by atoms with Gasteiger partial charge >= 0.3 is 5.69 Å². The molecule has 4 rings (SSSR count). The van der Waals surface area contributed by atoms with Gasteiger partial charge in [0.25, 0.3) is 5.91 Å². The number of carbonyl (C=O) groups excluding carboxylic acids is 1. The number of thioether (sulfide) groups is 1. The van der Waals surface area contributed by atoms with E-state index in [0.717, 1.165) is 21.3 Å². The van der Waals surface area contributed by atoms with E-state index in [4.69, 9.17) is 0 Å². The van der Waals surface area contributed by atoms with E-state index in [-0.39, 0.29) is 11.6 Å². The minimum absolute atomic E-state index is 0.193. The number of nitrogens with zero attached hydrogens (tertiary/aromatic N) is 1. The summed E-state index contributed by atoms with van der Waals surface area (Å²) >= 11 is 3.33. The predicted molar refractivity (Wildman–Crippen MR) is 110 cm³/mol. The number of carbonyl (C=O) groups is 1. The summed E-state index contributed by atoms with van der Waals surface area (Å²) in [5, 5.41) is 4.89. The molecule has 0 fully saturated rings. The number of rotatable bonds is 5. The van der Waals surface area contributed by atoms with E-state index >= 15 is 0 Å². The van der Waals surface area contributed by atoms with Gasteiger partial charge in [0.15, 0.2) is 0 Å². The fourth-order valence-electron chi connectivity index (χ4n) is 2.61. The first-order valence-electron chi connectivity index (χ1n) is 8.24. The van der Waals surface area contributed by atoms with Gasteiger partial charge in [-0.3, -0.25) is 4.79 Å². The lowest BCUT2D eigenvalue weighted by Gasteiger charge is -2.06. The van der Waals surface area contributed by atoms with Crippen LogP contribution in [0, 0.1) is 6.92 Å². The highest BCUT2D eigenvalue weighted by Crippen LogP contribution is 2.26. The van der Waals surface area contributed by atoms with Crippen molar-refractivity contribution in [1.82, 2.24) is 15.0 Å². The number of imidazole rings is 1. The molecule has 0 aliphatic rings. The number of anilines is 1. The van der Waals surface area contributed by atoms with Crippen LogP contribution in [0.25, 0.3) is 11.0 Å². The SMILES string of the molecule is Cc1csc(SCc2ccc(C(=O)Nc3ccc4[nH]c(=O)[nH]c4c3)cc2)n1. The lowest BCUT2D eigenvalue weighted by atomic mass is 10.1. The topological polar surface area (TPSA) is 90.6 Å². The standard InChI is InChI=1S/C19H16N4O2S2/c1-11-9-26-19(20-11)27-10-12-2-4-13(5-3-12)17(24)21-14-6-7-15-16(8-14)23-18(25)22-15/h2-9H,10H2,1H3,(H,21,24)(H2,22,23,25). The highest BCUT2D eigenvalue weighted by atomic mass is 32.2. The van der Waals surface area contributed by atoms with Crippen LogP contribution in [0.4, 0.5) is 5.69 Å². The maximum atomic E-state index is 12.4. The molecule has 0 aliphatic heterocycles. The largest absolute Gasteiger partial charge is 0.323 e. The van der Waals surface area contributed by atoms with E-state index < -0.39 is 0 Å². The minimum atomic E-state index is -0.269. The molecule has 0 bridgehead atoms. The molecule has 0 unspecified atom stereocenters. The summed E-state index contributed by atoms with van der Waals surface area (Å²) in [6.45, 7) is 1.99. The molecular weight excluding hydrogens is 380 g/mol. The molecular formula is C19H16N4O2S2. The Kier molecular flexibility index (Phi) is 4.83. The number of thiazole rings is 1. The van der Waals surface area contributed by atoms with E-state index in [0.29, 0.717) is 22.3 Å². The average Bonchev–Trinajstić information content (AvgIpc) is 3.24. The molecule has 27 heavy (non-hydrogen) atoms. The Balaban J connectivity index is 1.41. The van der Waals surface area contributed by atoms with Crippen molar-refractivity contribution in [2.75, 3.05) is 5.32 Å². The van der Waals surface area contributed by atoms with E-state index in [1.54, 1.807) is 41.3 Å². The summed E-state index contributed by atoms with van der Waals surface area (Å²) in [4.78, 5) is 33.5. The third kappa shape index (κ3) is 4.12. The van der Waals surface area contributed by atoms with Crippen LogP contribution in [0.3, 0.4) is 0 Å². The van der Waals surface area contributed by atoms with Crippen LogP contribution in [-0.4, -0.2) is 20.9 Å². The molecule has 2 heterocycles. The maximum Gasteiger partial charge on any atom is 0.323 e. The third-order valence-corrected chi connectivity index (χ3v) is 6.16. The number of nitrogens with one attached hydrogen (secondary N) is 3. The molecule has 0 atom stereocenters. The zero-order valence-corrected chi connectivity index (χ0v) is 16.0. The average molecular weight is 396 g/mol. The quantitative estimate of drug-likeness (QED) is 0.442. The van der Waals surface area contributed by atoms with E-state index in [2.05, 4.69) is 20.3 Å². The van der Waals surface area contributed by atoms with Gasteiger partial charge in [-0.1, -0.05) is 23.9 Å². The Bertz CT molecular complexity index is 1160. The number of hydrogen-bond acceptors (Lipinski definition) is 5. The first-order chi connectivity index (χ1) is 13.1. The maximum absolute atomic E-state index is 12.4. The summed E-state index contributed by atoms with van der Waals surface area (Å²) in [7, 11) is 0. The molecule has 1 amide bonds. The molecule has 2 aromatic heterocycles. The van der Waals surface area contributed by atoms with Crippen molar-refractivity contribution >= 4 is 45.7 Å². The number of aromatic amines is 2. The number of aryl methyl sites for hydroxylation is 1. The Morgan fingerprint density at radius 1 is 1.15 bits per heavy atom. The molecule has 6 nitrogen and oxygen atoms in total. The summed E-state index contributed by atoms with van der Waals surface area (Å²) in [5.41, 5.74) is 4.47. The van der Waals surface area contributed by atoms with Gasteiger partial charge in [-0.15, -0.1) is 11.3 Å². The zero-order chi connectivity index (χ0) is 18.8. The van der Waals surface area contributed by atoms with E-state index in [1.165, 1.54) is 0 Å². The monoisotopic (exact) mass is 396 g/mol. The Hall–Kier alpha value is -2.84. The number of benzene rings is 2. The van der Waals surface area contributed by atoms with Crippen molar-refractivity contribution in [2.45, 2.75) is 17.0 Å². The second kappa shape index (κ2) is 7.42. The highest BCUT2D eigenvalue weighted by molar-refractivity contribution is 8.00. The van der Waals surface area contributed by atoms with E-state index in [1.807, 2.05) is 36.6 Å². The van der Waals surface area contributed by atoms with Crippen LogP contribution < -0.4 is 11.0 Å².